The second kappa shape index (κ2) is 5.75. The summed E-state index contributed by atoms with van der Waals surface area (Å²) in [5.74, 6) is 0.981. The maximum atomic E-state index is 12.4. The summed E-state index contributed by atoms with van der Waals surface area (Å²) in [6.07, 6.45) is 2.30. The SMILES string of the molecule is CCCOc1ncnc(N2CCN(C)C(=O)C2(C)C)c1N. The van der Waals surface area contributed by atoms with Crippen LogP contribution >= 0.6 is 0 Å². The minimum atomic E-state index is -0.697. The molecule has 21 heavy (non-hydrogen) atoms. The van der Waals surface area contributed by atoms with Gasteiger partial charge in [-0.15, -0.1) is 0 Å². The molecule has 2 N–H and O–H groups in total. The van der Waals surface area contributed by atoms with Crippen molar-refractivity contribution in [2.45, 2.75) is 32.7 Å². The van der Waals surface area contributed by atoms with Gasteiger partial charge in [0, 0.05) is 20.1 Å². The number of nitrogens with two attached hydrogens (primary N) is 1. The summed E-state index contributed by atoms with van der Waals surface area (Å²) in [5, 5.41) is 0. The van der Waals surface area contributed by atoms with Gasteiger partial charge in [0.05, 0.1) is 6.61 Å². The molecule has 0 atom stereocenters. The van der Waals surface area contributed by atoms with E-state index in [9.17, 15) is 4.79 Å². The Labute approximate surface area is 125 Å². The minimum Gasteiger partial charge on any atom is -0.476 e. The number of hydrogen-bond acceptors (Lipinski definition) is 6. The molecule has 2 heterocycles. The van der Waals surface area contributed by atoms with Crippen molar-refractivity contribution in [3.63, 3.8) is 0 Å². The van der Waals surface area contributed by atoms with Gasteiger partial charge in [-0.25, -0.2) is 4.98 Å². The zero-order valence-corrected chi connectivity index (χ0v) is 13.1. The standard InChI is InChI=1S/C14H23N5O2/c1-5-8-21-12-10(15)11(16-9-17-12)19-7-6-18(4)13(20)14(19,2)3/h9H,5-8,15H2,1-4H3. The molecule has 1 aromatic rings. The van der Waals surface area contributed by atoms with Gasteiger partial charge in [0.25, 0.3) is 0 Å². The van der Waals surface area contributed by atoms with Crippen molar-refractivity contribution < 1.29 is 9.53 Å². The summed E-state index contributed by atoms with van der Waals surface area (Å²) in [6.45, 7) is 7.62. The Morgan fingerprint density at radius 1 is 1.38 bits per heavy atom. The normalized spacial score (nSPS) is 18.0. The monoisotopic (exact) mass is 293 g/mol. The number of likely N-dealkylation sites (N-methyl/N-ethyl adjacent to an activating group) is 1. The predicted molar refractivity (Wildman–Crippen MR) is 81.3 cm³/mol. The topological polar surface area (TPSA) is 84.6 Å². The van der Waals surface area contributed by atoms with Crippen molar-refractivity contribution in [1.29, 1.82) is 0 Å². The Kier molecular flexibility index (Phi) is 4.20. The molecule has 0 spiro atoms. The number of nitrogen functional groups attached to an aromatic ring is 1. The molecule has 116 valence electrons. The van der Waals surface area contributed by atoms with E-state index in [2.05, 4.69) is 9.97 Å². The number of rotatable bonds is 4. The lowest BCUT2D eigenvalue weighted by atomic mass is 9.97. The van der Waals surface area contributed by atoms with Gasteiger partial charge in [-0.2, -0.15) is 4.98 Å². The fourth-order valence-electron chi connectivity index (χ4n) is 2.48. The Bertz CT molecular complexity index is 532. The largest absolute Gasteiger partial charge is 0.476 e. The molecular weight excluding hydrogens is 270 g/mol. The van der Waals surface area contributed by atoms with Crippen LogP contribution in [0.3, 0.4) is 0 Å². The first-order chi connectivity index (χ1) is 9.89. The lowest BCUT2D eigenvalue weighted by Crippen LogP contribution is -2.62. The fourth-order valence-corrected chi connectivity index (χ4v) is 2.48. The van der Waals surface area contributed by atoms with Crippen molar-refractivity contribution in [1.82, 2.24) is 14.9 Å². The lowest BCUT2D eigenvalue weighted by molar-refractivity contribution is -0.136. The van der Waals surface area contributed by atoms with E-state index in [-0.39, 0.29) is 5.91 Å². The molecule has 1 amide bonds. The van der Waals surface area contributed by atoms with Gasteiger partial charge in [0.15, 0.2) is 5.82 Å². The van der Waals surface area contributed by atoms with E-state index in [0.29, 0.717) is 37.1 Å². The van der Waals surface area contributed by atoms with E-state index in [1.165, 1.54) is 6.33 Å². The molecule has 0 unspecified atom stereocenters. The van der Waals surface area contributed by atoms with Gasteiger partial charge >= 0.3 is 0 Å². The molecule has 1 fully saturated rings. The van der Waals surface area contributed by atoms with Crippen LogP contribution in [-0.4, -0.2) is 53.1 Å². The molecule has 0 aromatic carbocycles. The van der Waals surface area contributed by atoms with E-state index in [1.807, 2.05) is 25.7 Å². The smallest absolute Gasteiger partial charge is 0.247 e. The van der Waals surface area contributed by atoms with Crippen LogP contribution in [0.25, 0.3) is 0 Å². The number of carbonyl (C=O) groups is 1. The Morgan fingerprint density at radius 2 is 2.10 bits per heavy atom. The summed E-state index contributed by atoms with van der Waals surface area (Å²) in [6, 6.07) is 0. The number of aromatic nitrogens is 2. The fraction of sp³-hybridized carbons (Fsp3) is 0.643. The molecule has 0 radical (unpaired) electrons. The van der Waals surface area contributed by atoms with E-state index in [4.69, 9.17) is 10.5 Å². The van der Waals surface area contributed by atoms with Crippen LogP contribution in [-0.2, 0) is 4.79 Å². The maximum absolute atomic E-state index is 12.4. The first kappa shape index (κ1) is 15.3. The Balaban J connectivity index is 2.35. The highest BCUT2D eigenvalue weighted by Gasteiger charge is 2.42. The second-order valence-electron chi connectivity index (χ2n) is 5.70. The third kappa shape index (κ3) is 2.72. The third-order valence-corrected chi connectivity index (χ3v) is 3.73. The lowest BCUT2D eigenvalue weighted by Gasteiger charge is -2.45. The summed E-state index contributed by atoms with van der Waals surface area (Å²) in [5.41, 5.74) is 5.83. The highest BCUT2D eigenvalue weighted by Crippen LogP contribution is 2.34. The van der Waals surface area contributed by atoms with Gasteiger partial charge < -0.3 is 20.3 Å². The molecule has 1 aliphatic rings. The maximum Gasteiger partial charge on any atom is 0.247 e. The number of carbonyl (C=O) groups excluding carboxylic acids is 1. The molecule has 1 saturated heterocycles. The first-order valence-corrected chi connectivity index (χ1v) is 7.16. The number of ether oxygens (including phenoxy) is 1. The van der Waals surface area contributed by atoms with E-state index >= 15 is 0 Å². The summed E-state index contributed by atoms with van der Waals surface area (Å²) >= 11 is 0. The molecule has 0 bridgehead atoms. The summed E-state index contributed by atoms with van der Waals surface area (Å²) in [4.78, 5) is 24.4. The molecule has 1 aromatic heterocycles. The molecule has 0 aliphatic carbocycles. The molecule has 2 rings (SSSR count). The number of piperazine rings is 1. The van der Waals surface area contributed by atoms with Gasteiger partial charge in [0.2, 0.25) is 11.8 Å². The van der Waals surface area contributed by atoms with Crippen LogP contribution in [0.1, 0.15) is 27.2 Å². The Hall–Kier alpha value is -2.05. The zero-order valence-electron chi connectivity index (χ0n) is 13.1. The molecule has 7 heteroatoms. The van der Waals surface area contributed by atoms with E-state index in [1.54, 1.807) is 11.9 Å². The van der Waals surface area contributed by atoms with Crippen molar-refractivity contribution in [3.8, 4) is 5.88 Å². The van der Waals surface area contributed by atoms with Crippen molar-refractivity contribution in [3.05, 3.63) is 6.33 Å². The minimum absolute atomic E-state index is 0.0442. The van der Waals surface area contributed by atoms with Crippen LogP contribution in [0, 0.1) is 0 Å². The van der Waals surface area contributed by atoms with Crippen molar-refractivity contribution >= 4 is 17.4 Å². The van der Waals surface area contributed by atoms with Crippen molar-refractivity contribution in [2.75, 3.05) is 37.4 Å². The van der Waals surface area contributed by atoms with Gasteiger partial charge in [-0.05, 0) is 20.3 Å². The van der Waals surface area contributed by atoms with Crippen LogP contribution in [0.4, 0.5) is 11.5 Å². The second-order valence-corrected chi connectivity index (χ2v) is 5.70. The number of hydrogen-bond donors (Lipinski definition) is 1. The molecular formula is C14H23N5O2. The first-order valence-electron chi connectivity index (χ1n) is 7.16. The van der Waals surface area contributed by atoms with Gasteiger partial charge in [-0.3, -0.25) is 4.79 Å². The van der Waals surface area contributed by atoms with Crippen molar-refractivity contribution in [2.24, 2.45) is 0 Å². The average Bonchev–Trinajstić information content (AvgIpc) is 2.45. The van der Waals surface area contributed by atoms with Crippen LogP contribution in [0.2, 0.25) is 0 Å². The molecule has 7 nitrogen and oxygen atoms in total. The highest BCUT2D eigenvalue weighted by atomic mass is 16.5. The number of nitrogens with zero attached hydrogens (tertiary/aromatic N) is 4. The number of amides is 1. The molecule has 0 saturated carbocycles. The third-order valence-electron chi connectivity index (χ3n) is 3.73. The van der Waals surface area contributed by atoms with Crippen LogP contribution in [0.5, 0.6) is 5.88 Å². The van der Waals surface area contributed by atoms with Gasteiger partial charge in [0.1, 0.15) is 17.6 Å². The van der Waals surface area contributed by atoms with Crippen LogP contribution < -0.4 is 15.4 Å². The molecule has 1 aliphatic heterocycles. The van der Waals surface area contributed by atoms with E-state index in [0.717, 1.165) is 6.42 Å². The zero-order chi connectivity index (χ0) is 15.6. The average molecular weight is 293 g/mol. The quantitative estimate of drug-likeness (QED) is 0.888. The Morgan fingerprint density at radius 3 is 2.76 bits per heavy atom. The van der Waals surface area contributed by atoms with Crippen LogP contribution in [0.15, 0.2) is 6.33 Å². The predicted octanol–water partition coefficient (Wildman–Crippen LogP) is 0.905. The highest BCUT2D eigenvalue weighted by molar-refractivity contribution is 5.91. The summed E-state index contributed by atoms with van der Waals surface area (Å²) < 4.78 is 5.54. The van der Waals surface area contributed by atoms with E-state index < -0.39 is 5.54 Å². The number of anilines is 2. The van der Waals surface area contributed by atoms with Gasteiger partial charge in [-0.1, -0.05) is 6.92 Å². The summed E-state index contributed by atoms with van der Waals surface area (Å²) in [7, 11) is 1.81.